The van der Waals surface area contributed by atoms with Crippen molar-refractivity contribution in [3.05, 3.63) is 123 Å². The largest absolute Gasteiger partial charge is 0.497 e. The highest BCUT2D eigenvalue weighted by molar-refractivity contribution is 7.71. The standard InChI is InChI=1S/C31H32N2O6S/c1-20-28(34)26(39-29(20)33-18-17-27(40)32-30(33)35)19-38-31(21-7-5-4-6-8-21,22-9-13-24(36-2)14-10-22)23-11-15-25(37-3)16-12-23/h4-18,20,26,28-29,34H,19H2,1-3H3,(H,32,35,40)/t20?,26-,28?,29-/m0/s1. The van der Waals surface area contributed by atoms with Crippen LogP contribution >= 0.6 is 12.2 Å². The van der Waals surface area contributed by atoms with Crippen LogP contribution in [0.25, 0.3) is 0 Å². The van der Waals surface area contributed by atoms with Gasteiger partial charge >= 0.3 is 5.69 Å². The lowest BCUT2D eigenvalue weighted by Gasteiger charge is -2.37. The second-order valence-electron chi connectivity index (χ2n) is 9.75. The number of benzene rings is 3. The van der Waals surface area contributed by atoms with Gasteiger partial charge in [0.15, 0.2) is 0 Å². The summed E-state index contributed by atoms with van der Waals surface area (Å²) in [4.78, 5) is 15.2. The van der Waals surface area contributed by atoms with Crippen molar-refractivity contribution in [3.63, 3.8) is 0 Å². The summed E-state index contributed by atoms with van der Waals surface area (Å²) in [5.74, 6) is 1.07. The summed E-state index contributed by atoms with van der Waals surface area (Å²) in [6.45, 7) is 1.90. The molecule has 1 aliphatic heterocycles. The number of hydrogen-bond donors (Lipinski definition) is 2. The fourth-order valence-electron chi connectivity index (χ4n) is 5.26. The third kappa shape index (κ3) is 5.21. The van der Waals surface area contributed by atoms with Gasteiger partial charge < -0.3 is 24.1 Å². The molecule has 0 radical (unpaired) electrons. The zero-order valence-corrected chi connectivity index (χ0v) is 23.3. The van der Waals surface area contributed by atoms with Crippen LogP contribution in [0.2, 0.25) is 0 Å². The van der Waals surface area contributed by atoms with Crippen LogP contribution in [-0.4, -0.2) is 47.7 Å². The molecule has 2 N–H and O–H groups in total. The van der Waals surface area contributed by atoms with Gasteiger partial charge in [-0.3, -0.25) is 9.55 Å². The summed E-state index contributed by atoms with van der Waals surface area (Å²) in [6.07, 6.45) is -0.674. The monoisotopic (exact) mass is 560 g/mol. The number of aromatic nitrogens is 2. The van der Waals surface area contributed by atoms with Crippen molar-refractivity contribution in [3.8, 4) is 11.5 Å². The first-order valence-electron chi connectivity index (χ1n) is 13.0. The Morgan fingerprint density at radius 3 is 1.98 bits per heavy atom. The Morgan fingerprint density at radius 2 is 1.45 bits per heavy atom. The van der Waals surface area contributed by atoms with Gasteiger partial charge in [-0.25, -0.2) is 4.79 Å². The summed E-state index contributed by atoms with van der Waals surface area (Å²) in [6, 6.07) is 27.0. The van der Waals surface area contributed by atoms with Crippen molar-refractivity contribution < 1.29 is 24.1 Å². The lowest BCUT2D eigenvalue weighted by Crippen LogP contribution is -2.38. The predicted octanol–water partition coefficient (Wildman–Crippen LogP) is 4.83. The maximum absolute atomic E-state index is 12.6. The molecule has 0 spiro atoms. The summed E-state index contributed by atoms with van der Waals surface area (Å²) < 4.78 is 25.7. The van der Waals surface area contributed by atoms with Crippen molar-refractivity contribution >= 4 is 12.2 Å². The normalized spacial score (nSPS) is 20.8. The van der Waals surface area contributed by atoms with Crippen LogP contribution in [-0.2, 0) is 15.1 Å². The van der Waals surface area contributed by atoms with Crippen LogP contribution in [0.4, 0.5) is 0 Å². The first-order valence-corrected chi connectivity index (χ1v) is 13.4. The van der Waals surface area contributed by atoms with Gasteiger partial charge in [-0.1, -0.05) is 73.7 Å². The molecule has 4 aromatic rings. The van der Waals surface area contributed by atoms with Crippen molar-refractivity contribution in [2.75, 3.05) is 20.8 Å². The molecule has 3 aromatic carbocycles. The van der Waals surface area contributed by atoms with Crippen LogP contribution in [0.1, 0.15) is 29.8 Å². The molecule has 208 valence electrons. The minimum absolute atomic E-state index is 0.0482. The van der Waals surface area contributed by atoms with E-state index in [1.54, 1.807) is 26.5 Å². The number of nitrogens with one attached hydrogen (secondary N) is 1. The summed E-state index contributed by atoms with van der Waals surface area (Å²) in [5, 5.41) is 11.2. The van der Waals surface area contributed by atoms with Crippen molar-refractivity contribution in [2.45, 2.75) is 31.0 Å². The average Bonchev–Trinajstić information content (AvgIpc) is 3.27. The van der Waals surface area contributed by atoms with Crippen LogP contribution in [0.15, 0.2) is 95.9 Å². The van der Waals surface area contributed by atoms with E-state index >= 15 is 0 Å². The number of aromatic amines is 1. The molecule has 0 amide bonds. The zero-order chi connectivity index (χ0) is 28.3. The number of H-pyrrole nitrogens is 1. The Kier molecular flexibility index (Phi) is 8.18. The van der Waals surface area contributed by atoms with E-state index in [-0.39, 0.29) is 12.5 Å². The van der Waals surface area contributed by atoms with E-state index < -0.39 is 29.7 Å². The van der Waals surface area contributed by atoms with Gasteiger partial charge in [0.25, 0.3) is 0 Å². The summed E-state index contributed by atoms with van der Waals surface area (Å²) in [5.41, 5.74) is 1.18. The first-order chi connectivity index (χ1) is 19.4. The second kappa shape index (κ2) is 11.8. The highest BCUT2D eigenvalue weighted by Gasteiger charge is 2.45. The Balaban J connectivity index is 1.56. The van der Waals surface area contributed by atoms with Gasteiger partial charge in [0, 0.05) is 12.1 Å². The number of ether oxygens (including phenoxy) is 4. The summed E-state index contributed by atoms with van der Waals surface area (Å²) in [7, 11) is 3.25. The topological polar surface area (TPSA) is 94.9 Å². The Hall–Kier alpha value is -3.76. The molecule has 0 saturated carbocycles. The number of methoxy groups -OCH3 is 2. The Bertz CT molecular complexity index is 1490. The Morgan fingerprint density at radius 1 is 0.900 bits per heavy atom. The number of aliphatic hydroxyl groups is 1. The third-order valence-corrected chi connectivity index (χ3v) is 7.68. The molecule has 9 heteroatoms. The van der Waals surface area contributed by atoms with E-state index in [9.17, 15) is 9.90 Å². The molecule has 2 unspecified atom stereocenters. The molecule has 8 nitrogen and oxygen atoms in total. The molecule has 1 aliphatic rings. The van der Waals surface area contributed by atoms with Gasteiger partial charge in [-0.15, -0.1) is 0 Å². The van der Waals surface area contributed by atoms with Crippen LogP contribution in [0.3, 0.4) is 0 Å². The number of nitrogens with zero attached hydrogens (tertiary/aromatic N) is 1. The van der Waals surface area contributed by atoms with Crippen LogP contribution in [0.5, 0.6) is 11.5 Å². The van der Waals surface area contributed by atoms with Gasteiger partial charge in [-0.2, -0.15) is 0 Å². The molecular weight excluding hydrogens is 528 g/mol. The van der Waals surface area contributed by atoms with Crippen LogP contribution in [0, 0.1) is 10.6 Å². The molecule has 0 aliphatic carbocycles. The van der Waals surface area contributed by atoms with Gasteiger partial charge in [0.1, 0.15) is 34.1 Å². The second-order valence-corrected chi connectivity index (χ2v) is 10.2. The van der Waals surface area contributed by atoms with Crippen LogP contribution < -0.4 is 15.2 Å². The maximum atomic E-state index is 12.6. The zero-order valence-electron chi connectivity index (χ0n) is 22.5. The molecule has 1 fully saturated rings. The molecule has 1 aromatic heterocycles. The minimum atomic E-state index is -1.06. The lowest BCUT2D eigenvalue weighted by atomic mass is 9.80. The highest BCUT2D eigenvalue weighted by Crippen LogP contribution is 2.43. The molecule has 4 atom stereocenters. The van der Waals surface area contributed by atoms with Crippen molar-refractivity contribution in [2.24, 2.45) is 5.92 Å². The third-order valence-electron chi connectivity index (χ3n) is 7.45. The van der Waals surface area contributed by atoms with E-state index in [1.165, 1.54) is 4.57 Å². The fourth-order valence-corrected chi connectivity index (χ4v) is 5.40. The summed E-state index contributed by atoms with van der Waals surface area (Å²) >= 11 is 5.07. The number of rotatable bonds is 9. The predicted molar refractivity (Wildman–Crippen MR) is 153 cm³/mol. The van der Waals surface area contributed by atoms with Gasteiger partial charge in [0.2, 0.25) is 0 Å². The fraction of sp³-hybridized carbons (Fsp3) is 0.290. The molecule has 0 bridgehead atoms. The van der Waals surface area contributed by atoms with Gasteiger partial charge in [-0.05, 0) is 47.0 Å². The van der Waals surface area contributed by atoms with E-state index in [2.05, 4.69) is 4.98 Å². The van der Waals surface area contributed by atoms with E-state index in [1.807, 2.05) is 85.8 Å². The van der Waals surface area contributed by atoms with E-state index in [0.717, 1.165) is 28.2 Å². The van der Waals surface area contributed by atoms with Gasteiger partial charge in [0.05, 0.1) is 26.9 Å². The van der Waals surface area contributed by atoms with E-state index in [4.69, 9.17) is 31.2 Å². The quantitative estimate of drug-likeness (QED) is 0.224. The SMILES string of the molecule is COc1ccc(C(OC[C@@H]2O[C@H](n3ccc(=S)[nH]c3=O)C(C)C2O)(c2ccccc2)c2ccc(OC)cc2)cc1. The first kappa shape index (κ1) is 27.8. The molecule has 40 heavy (non-hydrogen) atoms. The molecule has 1 saturated heterocycles. The van der Waals surface area contributed by atoms with Crippen molar-refractivity contribution in [1.29, 1.82) is 0 Å². The Labute approximate surface area is 237 Å². The average molecular weight is 561 g/mol. The molecular formula is C31H32N2O6S. The number of hydrogen-bond acceptors (Lipinski definition) is 7. The lowest BCUT2D eigenvalue weighted by molar-refractivity contribution is -0.0948. The number of aliphatic hydroxyl groups excluding tert-OH is 1. The molecule has 2 heterocycles. The molecule has 5 rings (SSSR count). The van der Waals surface area contributed by atoms with Crippen molar-refractivity contribution in [1.82, 2.24) is 9.55 Å². The smallest absolute Gasteiger partial charge is 0.328 e. The highest BCUT2D eigenvalue weighted by atomic mass is 32.1. The maximum Gasteiger partial charge on any atom is 0.328 e. The minimum Gasteiger partial charge on any atom is -0.497 e. The van der Waals surface area contributed by atoms with E-state index in [0.29, 0.717) is 4.64 Å².